The molecule has 1 fully saturated rings. The zero-order valence-electron chi connectivity index (χ0n) is 13.9. The molecule has 1 aromatic heterocycles. The van der Waals surface area contributed by atoms with E-state index in [9.17, 15) is 24.3 Å². The lowest BCUT2D eigenvalue weighted by Crippen LogP contribution is -2.83. The second-order valence-electron chi connectivity index (χ2n) is 5.63. The van der Waals surface area contributed by atoms with E-state index in [0.29, 0.717) is 0 Å². The number of carboxylic acids is 1. The monoisotopic (exact) mass is 413 g/mol. The Kier molecular flexibility index (Phi) is 5.13. The third-order valence-electron chi connectivity index (χ3n) is 4.03. The molecule has 0 aliphatic carbocycles. The fourth-order valence-corrected chi connectivity index (χ4v) is 4.83. The molecule has 2 unspecified atom stereocenters. The summed E-state index contributed by atoms with van der Waals surface area (Å²) in [4.78, 5) is 49.5. The molecular formula is C15H15N3O7S2. The predicted molar refractivity (Wildman–Crippen MR) is 94.3 cm³/mol. The fraction of sp³-hybridized carbons (Fsp3) is 0.333. The van der Waals surface area contributed by atoms with Crippen LogP contribution in [0.5, 0.6) is 0 Å². The van der Waals surface area contributed by atoms with Crippen LogP contribution in [0.1, 0.15) is 4.88 Å². The minimum Gasteiger partial charge on any atom is -0.479 e. The van der Waals surface area contributed by atoms with Crippen LogP contribution in [0.2, 0.25) is 0 Å². The lowest BCUT2D eigenvalue weighted by molar-refractivity contribution is -0.202. The van der Waals surface area contributed by atoms with E-state index in [4.69, 9.17) is 15.2 Å². The van der Waals surface area contributed by atoms with Gasteiger partial charge in [0.05, 0.1) is 6.42 Å². The van der Waals surface area contributed by atoms with Gasteiger partial charge in [-0.25, -0.2) is 9.59 Å². The zero-order valence-corrected chi connectivity index (χ0v) is 15.5. The predicted octanol–water partition coefficient (Wildman–Crippen LogP) is 0.0545. The highest BCUT2D eigenvalue weighted by Crippen LogP contribution is 2.46. The van der Waals surface area contributed by atoms with Gasteiger partial charge in [0.25, 0.3) is 11.6 Å². The maximum Gasteiger partial charge on any atom is 0.409 e. The number of β-lactam (4-membered cyclic amide) rings is 1. The molecule has 144 valence electrons. The topological polar surface area (TPSA) is 148 Å². The number of amides is 3. The third-order valence-corrected chi connectivity index (χ3v) is 6.09. The van der Waals surface area contributed by atoms with Gasteiger partial charge in [0.15, 0.2) is 6.04 Å². The molecule has 10 nitrogen and oxygen atoms in total. The van der Waals surface area contributed by atoms with E-state index in [1.165, 1.54) is 23.9 Å². The standard InChI is InChI=1S/C15H15N3O7S2/c1-24-15(17-9(19)5-7-3-2-4-26-7)12(22)18-10(11(20)21)8(25-14(16)23)6-27-13(15)18/h2-4,6,10,13H,5H2,1H3,(H2,16,23)(H,17,19)(H,20,21)/t10?,13-,15?/m1/s1. The molecule has 0 saturated carbocycles. The SMILES string of the molecule is COC1(NC(=O)Cc2cccs2)C(=O)N2C(C(=O)O)C(OC(N)=O)=CS[C@@H]21. The van der Waals surface area contributed by atoms with E-state index in [2.05, 4.69) is 5.32 Å². The highest BCUT2D eigenvalue weighted by atomic mass is 32.2. The first-order valence-corrected chi connectivity index (χ1v) is 9.39. The number of nitrogens with two attached hydrogens (primary N) is 1. The van der Waals surface area contributed by atoms with Crippen LogP contribution in [0.3, 0.4) is 0 Å². The summed E-state index contributed by atoms with van der Waals surface area (Å²) in [6.45, 7) is 0. The first kappa shape index (κ1) is 19.2. The molecule has 2 aliphatic rings. The minimum absolute atomic E-state index is 0.0572. The first-order valence-electron chi connectivity index (χ1n) is 7.57. The molecular weight excluding hydrogens is 398 g/mol. The number of nitrogens with zero attached hydrogens (tertiary/aromatic N) is 1. The molecule has 27 heavy (non-hydrogen) atoms. The molecule has 0 spiro atoms. The molecule has 3 heterocycles. The van der Waals surface area contributed by atoms with Crippen molar-refractivity contribution in [1.29, 1.82) is 0 Å². The van der Waals surface area contributed by atoms with E-state index in [1.54, 1.807) is 12.1 Å². The van der Waals surface area contributed by atoms with E-state index in [-0.39, 0.29) is 12.2 Å². The molecule has 2 aliphatic heterocycles. The smallest absolute Gasteiger partial charge is 0.409 e. The normalized spacial score (nSPS) is 26.5. The summed E-state index contributed by atoms with van der Waals surface area (Å²) in [6.07, 6.45) is -1.14. The Morgan fingerprint density at radius 3 is 2.74 bits per heavy atom. The van der Waals surface area contributed by atoms with Crippen LogP contribution in [-0.4, -0.2) is 58.1 Å². The van der Waals surface area contributed by atoms with Crippen LogP contribution in [0.4, 0.5) is 4.79 Å². The van der Waals surface area contributed by atoms with Crippen LogP contribution in [0.25, 0.3) is 0 Å². The molecule has 0 radical (unpaired) electrons. The molecule has 12 heteroatoms. The van der Waals surface area contributed by atoms with Crippen molar-refractivity contribution in [3.05, 3.63) is 33.6 Å². The Balaban J connectivity index is 1.82. The second kappa shape index (κ2) is 7.21. The highest BCUT2D eigenvalue weighted by Gasteiger charge is 2.68. The average molecular weight is 413 g/mol. The van der Waals surface area contributed by atoms with Crippen molar-refractivity contribution in [3.8, 4) is 0 Å². The van der Waals surface area contributed by atoms with Gasteiger partial charge in [0, 0.05) is 17.4 Å². The number of hydrogen-bond acceptors (Lipinski definition) is 8. The lowest BCUT2D eigenvalue weighted by Gasteiger charge is -2.56. The van der Waals surface area contributed by atoms with Crippen LogP contribution < -0.4 is 11.1 Å². The molecule has 3 atom stereocenters. The van der Waals surface area contributed by atoms with Gasteiger partial charge in [-0.05, 0) is 11.4 Å². The maximum absolute atomic E-state index is 12.7. The van der Waals surface area contributed by atoms with Crippen molar-refractivity contribution in [2.45, 2.75) is 23.6 Å². The van der Waals surface area contributed by atoms with Gasteiger partial charge in [-0.3, -0.25) is 9.59 Å². The maximum atomic E-state index is 12.7. The Hall–Kier alpha value is -2.57. The largest absolute Gasteiger partial charge is 0.479 e. The van der Waals surface area contributed by atoms with Crippen LogP contribution in [0.15, 0.2) is 28.7 Å². The van der Waals surface area contributed by atoms with Crippen molar-refractivity contribution in [2.24, 2.45) is 5.73 Å². The number of carbonyl (C=O) groups is 4. The number of carboxylic acid groups (broad SMARTS) is 1. The summed E-state index contributed by atoms with van der Waals surface area (Å²) in [5.41, 5.74) is 3.23. The Labute approximate surface area is 161 Å². The number of hydrogen-bond donors (Lipinski definition) is 3. The molecule has 0 aromatic carbocycles. The number of ether oxygens (including phenoxy) is 2. The highest BCUT2D eigenvalue weighted by molar-refractivity contribution is 8.03. The summed E-state index contributed by atoms with van der Waals surface area (Å²) < 4.78 is 9.99. The summed E-state index contributed by atoms with van der Waals surface area (Å²) in [5, 5.41) is 14.3. The molecule has 3 amide bonds. The van der Waals surface area contributed by atoms with Gasteiger partial charge in [-0.1, -0.05) is 17.8 Å². The van der Waals surface area contributed by atoms with Crippen molar-refractivity contribution in [2.75, 3.05) is 7.11 Å². The van der Waals surface area contributed by atoms with Gasteiger partial charge >= 0.3 is 12.1 Å². The van der Waals surface area contributed by atoms with Gasteiger partial charge in [-0.15, -0.1) is 11.3 Å². The summed E-state index contributed by atoms with van der Waals surface area (Å²) in [5.74, 6) is -2.88. The third kappa shape index (κ3) is 3.26. The number of methoxy groups -OCH3 is 1. The first-order chi connectivity index (χ1) is 12.8. The summed E-state index contributed by atoms with van der Waals surface area (Å²) >= 11 is 2.37. The van der Waals surface area contributed by atoms with Gasteiger partial charge in [0.2, 0.25) is 5.91 Å². The summed E-state index contributed by atoms with van der Waals surface area (Å²) in [7, 11) is 1.25. The van der Waals surface area contributed by atoms with Crippen molar-refractivity contribution in [3.63, 3.8) is 0 Å². The summed E-state index contributed by atoms with van der Waals surface area (Å²) in [6, 6.07) is 2.04. The van der Waals surface area contributed by atoms with E-state index >= 15 is 0 Å². The molecule has 3 rings (SSSR count). The van der Waals surface area contributed by atoms with E-state index in [0.717, 1.165) is 21.5 Å². The van der Waals surface area contributed by atoms with Crippen molar-refractivity contribution >= 4 is 47.0 Å². The van der Waals surface area contributed by atoms with Gasteiger partial charge < -0.3 is 30.5 Å². The average Bonchev–Trinajstić information content (AvgIpc) is 3.11. The van der Waals surface area contributed by atoms with Crippen molar-refractivity contribution < 1.29 is 33.8 Å². The Morgan fingerprint density at radius 2 is 2.19 bits per heavy atom. The quantitative estimate of drug-likeness (QED) is 0.438. The zero-order chi connectivity index (χ0) is 19.8. The Morgan fingerprint density at radius 1 is 1.44 bits per heavy atom. The number of thiophene rings is 1. The molecule has 1 aromatic rings. The number of nitrogens with one attached hydrogen (secondary N) is 1. The number of rotatable bonds is 6. The number of fused-ring (bicyclic) bond motifs is 1. The second-order valence-corrected chi connectivity index (χ2v) is 7.61. The van der Waals surface area contributed by atoms with Crippen molar-refractivity contribution in [1.82, 2.24) is 10.2 Å². The van der Waals surface area contributed by atoms with Crippen LogP contribution in [0, 0.1) is 0 Å². The van der Waals surface area contributed by atoms with Gasteiger partial charge in [-0.2, -0.15) is 0 Å². The fourth-order valence-electron chi connectivity index (χ4n) is 2.89. The molecule has 1 saturated heterocycles. The molecule has 4 N–H and O–H groups in total. The van der Waals surface area contributed by atoms with E-state index in [1.807, 2.05) is 5.38 Å². The van der Waals surface area contributed by atoms with E-state index < -0.39 is 41.0 Å². The number of thioether (sulfide) groups is 1. The lowest BCUT2D eigenvalue weighted by atomic mass is 9.97. The Bertz CT molecular complexity index is 825. The number of aliphatic carboxylic acids is 1. The minimum atomic E-state index is -1.71. The van der Waals surface area contributed by atoms with Gasteiger partial charge in [0.1, 0.15) is 11.1 Å². The van der Waals surface area contributed by atoms with Crippen LogP contribution >= 0.6 is 23.1 Å². The molecule has 0 bridgehead atoms. The number of carbonyl (C=O) groups excluding carboxylic acids is 3. The van der Waals surface area contributed by atoms with Crippen LogP contribution in [-0.2, 0) is 30.3 Å². The number of primary amides is 1.